The number of halogens is 5. The summed E-state index contributed by atoms with van der Waals surface area (Å²) in [6, 6.07) is 19.6. The van der Waals surface area contributed by atoms with Gasteiger partial charge in [0.15, 0.2) is 5.75 Å². The Hall–Kier alpha value is -2.21. The minimum absolute atomic E-state index is 1.02. The second-order valence-corrected chi connectivity index (χ2v) is 6.05. The first-order chi connectivity index (χ1) is 13.6. The molecular weight excluding hydrogens is 434 g/mol. The van der Waals surface area contributed by atoms with Gasteiger partial charge in [0.2, 0.25) is 29.1 Å². The molecule has 0 saturated heterocycles. The lowest BCUT2D eigenvalue weighted by Crippen LogP contribution is -2.23. The van der Waals surface area contributed by atoms with Crippen molar-refractivity contribution in [3.05, 3.63) is 89.7 Å². The lowest BCUT2D eigenvalue weighted by molar-refractivity contribution is 0.263. The van der Waals surface area contributed by atoms with E-state index in [-0.39, 0.29) is 0 Å². The van der Waals surface area contributed by atoms with E-state index < -0.39 is 42.2 Å². The zero-order chi connectivity index (χ0) is 22.0. The Morgan fingerprint density at radius 2 is 0.897 bits per heavy atom. The third-order valence-corrected chi connectivity index (χ3v) is 3.50. The third kappa shape index (κ3) is 8.36. The SMILES string of the molecule is OB(O)Oc1c(F)c(F)c(F)c(F)c1F.Sc1ccccc1.Sc1ccccc1. The first-order valence-electron chi connectivity index (χ1n) is 7.67. The largest absolute Gasteiger partial charge is 0.707 e. The van der Waals surface area contributed by atoms with E-state index in [1.54, 1.807) is 0 Å². The summed E-state index contributed by atoms with van der Waals surface area (Å²) in [7, 11) is -2.70. The van der Waals surface area contributed by atoms with Crippen molar-refractivity contribution in [3.63, 3.8) is 0 Å². The molecule has 0 saturated carbocycles. The fraction of sp³-hybridized carbons (Fsp3) is 0. The topological polar surface area (TPSA) is 49.7 Å². The zero-order valence-electron chi connectivity index (χ0n) is 14.4. The monoisotopic (exact) mass is 448 g/mol. The van der Waals surface area contributed by atoms with Crippen LogP contribution in [0.2, 0.25) is 0 Å². The van der Waals surface area contributed by atoms with Gasteiger partial charge in [-0.05, 0) is 24.3 Å². The van der Waals surface area contributed by atoms with Crippen molar-refractivity contribution in [1.82, 2.24) is 0 Å². The quantitative estimate of drug-likeness (QED) is 0.151. The van der Waals surface area contributed by atoms with Crippen LogP contribution in [0.4, 0.5) is 22.0 Å². The normalized spacial score (nSPS) is 9.55. The van der Waals surface area contributed by atoms with Gasteiger partial charge in [-0.1, -0.05) is 36.4 Å². The van der Waals surface area contributed by atoms with Gasteiger partial charge in [-0.15, -0.1) is 25.3 Å². The van der Waals surface area contributed by atoms with Gasteiger partial charge in [0.05, 0.1) is 0 Å². The molecule has 0 aliphatic rings. The Morgan fingerprint density at radius 3 is 1.14 bits per heavy atom. The molecule has 0 heterocycles. The summed E-state index contributed by atoms with van der Waals surface area (Å²) in [6.07, 6.45) is 0. The highest BCUT2D eigenvalue weighted by molar-refractivity contribution is 7.80. The van der Waals surface area contributed by atoms with Gasteiger partial charge in [-0.25, -0.2) is 13.2 Å². The summed E-state index contributed by atoms with van der Waals surface area (Å²) in [5, 5.41) is 16.3. The summed E-state index contributed by atoms with van der Waals surface area (Å²) >= 11 is 8.17. The molecule has 0 amide bonds. The number of hydrogen-bond acceptors (Lipinski definition) is 5. The highest BCUT2D eigenvalue weighted by Gasteiger charge is 2.29. The van der Waals surface area contributed by atoms with Crippen molar-refractivity contribution < 1.29 is 36.7 Å². The Balaban J connectivity index is 0.000000248. The van der Waals surface area contributed by atoms with E-state index in [0.717, 1.165) is 9.79 Å². The second-order valence-electron chi connectivity index (χ2n) is 5.01. The fourth-order valence-corrected chi connectivity index (χ4v) is 1.99. The van der Waals surface area contributed by atoms with E-state index in [4.69, 9.17) is 10.0 Å². The van der Waals surface area contributed by atoms with Crippen molar-refractivity contribution in [3.8, 4) is 5.75 Å². The van der Waals surface area contributed by atoms with Crippen molar-refractivity contribution in [2.45, 2.75) is 9.79 Å². The van der Waals surface area contributed by atoms with Crippen molar-refractivity contribution in [1.29, 1.82) is 0 Å². The van der Waals surface area contributed by atoms with Gasteiger partial charge in [-0.3, -0.25) is 0 Å². The van der Waals surface area contributed by atoms with Crippen LogP contribution in [-0.2, 0) is 0 Å². The van der Waals surface area contributed by atoms with Gasteiger partial charge in [-0.2, -0.15) is 8.78 Å². The molecule has 154 valence electrons. The van der Waals surface area contributed by atoms with Gasteiger partial charge in [0.1, 0.15) is 0 Å². The predicted molar refractivity (Wildman–Crippen MR) is 104 cm³/mol. The molecule has 0 aromatic heterocycles. The van der Waals surface area contributed by atoms with E-state index in [1.807, 2.05) is 60.7 Å². The molecule has 29 heavy (non-hydrogen) atoms. The zero-order valence-corrected chi connectivity index (χ0v) is 16.2. The molecular formula is C18H14BF5O3S2. The van der Waals surface area contributed by atoms with E-state index in [2.05, 4.69) is 29.9 Å². The van der Waals surface area contributed by atoms with Crippen LogP contribution in [0.5, 0.6) is 5.75 Å². The average Bonchev–Trinajstić information content (AvgIpc) is 2.70. The number of benzene rings is 3. The van der Waals surface area contributed by atoms with Crippen LogP contribution < -0.4 is 4.65 Å². The van der Waals surface area contributed by atoms with E-state index in [0.29, 0.717) is 0 Å². The number of hydrogen-bond donors (Lipinski definition) is 4. The van der Waals surface area contributed by atoms with Gasteiger partial charge < -0.3 is 14.7 Å². The van der Waals surface area contributed by atoms with Crippen LogP contribution in [0.3, 0.4) is 0 Å². The molecule has 0 bridgehead atoms. The lowest BCUT2D eigenvalue weighted by atomic mass is 10.2. The Morgan fingerprint density at radius 1 is 0.586 bits per heavy atom. The molecule has 0 fully saturated rings. The van der Waals surface area contributed by atoms with E-state index in [9.17, 15) is 22.0 Å². The smallest absolute Gasteiger partial charge is 0.507 e. The van der Waals surface area contributed by atoms with Crippen LogP contribution in [0, 0.1) is 29.1 Å². The molecule has 0 atom stereocenters. The maximum Gasteiger partial charge on any atom is 0.707 e. The molecule has 0 aliphatic carbocycles. The van der Waals surface area contributed by atoms with Crippen LogP contribution in [0.1, 0.15) is 0 Å². The van der Waals surface area contributed by atoms with Gasteiger partial charge in [0.25, 0.3) is 0 Å². The minimum atomic E-state index is -2.70. The minimum Gasteiger partial charge on any atom is -0.507 e. The summed E-state index contributed by atoms with van der Waals surface area (Å²) in [5.41, 5.74) is 0. The Bertz CT molecular complexity index is 836. The third-order valence-electron chi connectivity index (χ3n) is 2.91. The van der Waals surface area contributed by atoms with Gasteiger partial charge >= 0.3 is 7.32 Å². The highest BCUT2D eigenvalue weighted by Crippen LogP contribution is 2.29. The maximum atomic E-state index is 12.7. The summed E-state index contributed by atoms with van der Waals surface area (Å²) < 4.78 is 66.3. The molecule has 3 rings (SSSR count). The average molecular weight is 448 g/mol. The number of thiol groups is 2. The van der Waals surface area contributed by atoms with Crippen LogP contribution in [0.15, 0.2) is 70.5 Å². The fourth-order valence-electron chi connectivity index (χ4n) is 1.65. The molecule has 3 nitrogen and oxygen atoms in total. The highest BCUT2D eigenvalue weighted by atomic mass is 32.1. The van der Waals surface area contributed by atoms with Crippen molar-refractivity contribution in [2.75, 3.05) is 0 Å². The van der Waals surface area contributed by atoms with Crippen molar-refractivity contribution in [2.24, 2.45) is 0 Å². The number of rotatable bonds is 2. The van der Waals surface area contributed by atoms with Gasteiger partial charge in [0, 0.05) is 9.79 Å². The van der Waals surface area contributed by atoms with Crippen LogP contribution in [-0.4, -0.2) is 17.4 Å². The molecule has 0 radical (unpaired) electrons. The van der Waals surface area contributed by atoms with E-state index in [1.165, 1.54) is 0 Å². The standard InChI is InChI=1S/C6H2BF5O3.2C6H6S/c8-1-2(9)4(11)6(15-7(13)14)5(12)3(1)10;2*7-6-4-2-1-3-5-6/h13-14H;2*1-5,7H. The Kier molecular flexibility index (Phi) is 10.6. The molecule has 0 unspecified atom stereocenters. The maximum absolute atomic E-state index is 12.7. The van der Waals surface area contributed by atoms with Crippen LogP contribution in [0.25, 0.3) is 0 Å². The summed E-state index contributed by atoms with van der Waals surface area (Å²) in [6.45, 7) is 0. The first kappa shape index (κ1) is 24.8. The molecule has 3 aromatic rings. The Labute approximate surface area is 174 Å². The van der Waals surface area contributed by atoms with Crippen molar-refractivity contribution >= 4 is 32.6 Å². The predicted octanol–water partition coefficient (Wildman–Crippen LogP) is 4.68. The molecule has 11 heteroatoms. The van der Waals surface area contributed by atoms with Crippen LogP contribution >= 0.6 is 25.3 Å². The van der Waals surface area contributed by atoms with E-state index >= 15 is 0 Å². The summed E-state index contributed by atoms with van der Waals surface area (Å²) in [4.78, 5) is 2.03. The second kappa shape index (κ2) is 12.4. The molecule has 3 aromatic carbocycles. The first-order valence-corrected chi connectivity index (χ1v) is 8.56. The molecule has 0 aliphatic heterocycles. The lowest BCUT2D eigenvalue weighted by Gasteiger charge is -2.08. The molecule has 2 N–H and O–H groups in total. The summed E-state index contributed by atoms with van der Waals surface area (Å²) in [5.74, 6) is -13.1. The molecule has 0 spiro atoms.